The van der Waals surface area contributed by atoms with Crippen LogP contribution in [0.25, 0.3) is 0 Å². The summed E-state index contributed by atoms with van der Waals surface area (Å²) >= 11 is 0. The Bertz CT molecular complexity index is 594. The number of carbonyl (C=O) groups excluding carboxylic acids is 1. The van der Waals surface area contributed by atoms with Gasteiger partial charge in [-0.15, -0.1) is 0 Å². The largest absolute Gasteiger partial charge is 0.315 e. The first kappa shape index (κ1) is 12.9. The van der Waals surface area contributed by atoms with Gasteiger partial charge in [0.1, 0.15) is 0 Å². The van der Waals surface area contributed by atoms with Gasteiger partial charge < -0.3 is 10.2 Å². The highest BCUT2D eigenvalue weighted by Gasteiger charge is 2.28. The number of aromatic nitrogens is 2. The first-order valence-corrected chi connectivity index (χ1v) is 6.82. The molecule has 1 amide bonds. The molecule has 0 saturated heterocycles. The Morgan fingerprint density at radius 1 is 1.35 bits per heavy atom. The summed E-state index contributed by atoms with van der Waals surface area (Å²) in [5.74, 6) is 0.153. The van der Waals surface area contributed by atoms with E-state index in [-0.39, 0.29) is 11.9 Å². The van der Waals surface area contributed by atoms with Gasteiger partial charge in [0.2, 0.25) is 5.91 Å². The SMILES string of the molecule is CN1C(=O)CC(NCCn2cccn2)c2ccccc21. The van der Waals surface area contributed by atoms with Gasteiger partial charge in [0.25, 0.3) is 0 Å². The predicted molar refractivity (Wildman–Crippen MR) is 77.4 cm³/mol. The number of fused-ring (bicyclic) bond motifs is 1. The van der Waals surface area contributed by atoms with Crippen molar-refractivity contribution in [2.45, 2.75) is 19.0 Å². The Labute approximate surface area is 118 Å². The highest BCUT2D eigenvalue weighted by Crippen LogP contribution is 2.33. The van der Waals surface area contributed by atoms with E-state index in [0.717, 1.165) is 18.8 Å². The number of nitrogens with zero attached hydrogens (tertiary/aromatic N) is 3. The molecule has 1 atom stereocenters. The van der Waals surface area contributed by atoms with Crippen molar-refractivity contribution in [3.8, 4) is 0 Å². The van der Waals surface area contributed by atoms with E-state index in [1.54, 1.807) is 11.1 Å². The summed E-state index contributed by atoms with van der Waals surface area (Å²) < 4.78 is 1.88. The molecule has 1 aromatic carbocycles. The second-order valence-electron chi connectivity index (χ2n) is 4.99. The minimum Gasteiger partial charge on any atom is -0.315 e. The Hall–Kier alpha value is -2.14. The molecule has 0 fully saturated rings. The van der Waals surface area contributed by atoms with Crippen LogP contribution in [0.4, 0.5) is 5.69 Å². The average molecular weight is 270 g/mol. The lowest BCUT2D eigenvalue weighted by atomic mass is 9.96. The second-order valence-corrected chi connectivity index (χ2v) is 4.99. The predicted octanol–water partition coefficient (Wildman–Crippen LogP) is 1.58. The van der Waals surface area contributed by atoms with Gasteiger partial charge in [-0.2, -0.15) is 5.10 Å². The number of rotatable bonds is 4. The van der Waals surface area contributed by atoms with Gasteiger partial charge in [-0.05, 0) is 17.7 Å². The van der Waals surface area contributed by atoms with E-state index in [9.17, 15) is 4.79 Å². The zero-order valence-corrected chi connectivity index (χ0v) is 11.5. The standard InChI is InChI=1S/C15H18N4O/c1-18-14-6-3-2-5-12(14)13(11-15(18)20)16-8-10-19-9-4-7-17-19/h2-7,9,13,16H,8,10-11H2,1H3. The molecule has 0 saturated carbocycles. The lowest BCUT2D eigenvalue weighted by molar-refractivity contribution is -0.119. The quantitative estimate of drug-likeness (QED) is 0.917. The lowest BCUT2D eigenvalue weighted by Gasteiger charge is -2.32. The first-order valence-electron chi connectivity index (χ1n) is 6.82. The van der Waals surface area contributed by atoms with Gasteiger partial charge in [0.15, 0.2) is 0 Å². The molecular formula is C15H18N4O. The van der Waals surface area contributed by atoms with E-state index in [4.69, 9.17) is 0 Å². The third-order valence-electron chi connectivity index (χ3n) is 3.72. The molecule has 1 N–H and O–H groups in total. The maximum Gasteiger partial charge on any atom is 0.228 e. The van der Waals surface area contributed by atoms with Gasteiger partial charge in [0, 0.05) is 44.1 Å². The Kier molecular flexibility index (Phi) is 3.52. The summed E-state index contributed by atoms with van der Waals surface area (Å²) in [5.41, 5.74) is 2.19. The van der Waals surface area contributed by atoms with Crippen LogP contribution in [0.5, 0.6) is 0 Å². The summed E-state index contributed by atoms with van der Waals surface area (Å²) in [4.78, 5) is 13.8. The number of hydrogen-bond acceptors (Lipinski definition) is 3. The molecule has 5 heteroatoms. The number of amides is 1. The van der Waals surface area contributed by atoms with Crippen LogP contribution in [0, 0.1) is 0 Å². The van der Waals surface area contributed by atoms with Crippen LogP contribution in [0.15, 0.2) is 42.7 Å². The van der Waals surface area contributed by atoms with Crippen molar-refractivity contribution in [2.24, 2.45) is 0 Å². The third-order valence-corrected chi connectivity index (χ3v) is 3.72. The number of carbonyl (C=O) groups is 1. The van der Waals surface area contributed by atoms with Crippen molar-refractivity contribution in [3.63, 3.8) is 0 Å². The number of anilines is 1. The van der Waals surface area contributed by atoms with E-state index in [1.807, 2.05) is 42.2 Å². The molecule has 0 spiro atoms. The average Bonchev–Trinajstić information content (AvgIpc) is 2.97. The summed E-state index contributed by atoms with van der Waals surface area (Å²) in [6, 6.07) is 10.1. The second kappa shape index (κ2) is 5.46. The van der Waals surface area contributed by atoms with Crippen molar-refractivity contribution < 1.29 is 4.79 Å². The molecule has 1 aliphatic rings. The summed E-state index contributed by atoms with van der Waals surface area (Å²) in [7, 11) is 1.83. The molecular weight excluding hydrogens is 252 g/mol. The normalized spacial score (nSPS) is 18.1. The van der Waals surface area contributed by atoms with Crippen LogP contribution in [-0.2, 0) is 11.3 Å². The molecule has 2 heterocycles. The zero-order valence-electron chi connectivity index (χ0n) is 11.5. The fourth-order valence-corrected chi connectivity index (χ4v) is 2.61. The Balaban J connectivity index is 1.70. The zero-order chi connectivity index (χ0) is 13.9. The number of nitrogens with one attached hydrogen (secondary N) is 1. The van der Waals surface area contributed by atoms with Crippen molar-refractivity contribution >= 4 is 11.6 Å². The van der Waals surface area contributed by atoms with Gasteiger partial charge in [-0.25, -0.2) is 0 Å². The van der Waals surface area contributed by atoms with Crippen LogP contribution in [0.2, 0.25) is 0 Å². The molecule has 1 aliphatic heterocycles. The van der Waals surface area contributed by atoms with Crippen LogP contribution < -0.4 is 10.2 Å². The molecule has 0 radical (unpaired) electrons. The van der Waals surface area contributed by atoms with E-state index >= 15 is 0 Å². The molecule has 1 unspecified atom stereocenters. The third kappa shape index (κ3) is 2.44. The molecule has 2 aromatic rings. The van der Waals surface area contributed by atoms with Crippen molar-refractivity contribution in [1.82, 2.24) is 15.1 Å². The maximum atomic E-state index is 12.0. The molecule has 1 aromatic heterocycles. The minimum atomic E-state index is 0.0884. The summed E-state index contributed by atoms with van der Waals surface area (Å²) in [6.45, 7) is 1.59. The maximum absolute atomic E-state index is 12.0. The highest BCUT2D eigenvalue weighted by molar-refractivity contribution is 5.96. The molecule has 104 valence electrons. The summed E-state index contributed by atoms with van der Waals surface area (Å²) in [6.07, 6.45) is 4.22. The van der Waals surface area contributed by atoms with E-state index in [1.165, 1.54) is 5.56 Å². The van der Waals surface area contributed by atoms with Crippen molar-refractivity contribution in [2.75, 3.05) is 18.5 Å². The number of hydrogen-bond donors (Lipinski definition) is 1. The summed E-state index contributed by atoms with van der Waals surface area (Å²) in [5, 5.41) is 7.63. The number of para-hydroxylation sites is 1. The smallest absolute Gasteiger partial charge is 0.228 e. The van der Waals surface area contributed by atoms with Crippen molar-refractivity contribution in [1.29, 1.82) is 0 Å². The van der Waals surface area contributed by atoms with Crippen LogP contribution >= 0.6 is 0 Å². The fourth-order valence-electron chi connectivity index (χ4n) is 2.61. The van der Waals surface area contributed by atoms with Gasteiger partial charge in [-0.3, -0.25) is 9.48 Å². The highest BCUT2D eigenvalue weighted by atomic mass is 16.2. The molecule has 5 nitrogen and oxygen atoms in total. The Morgan fingerprint density at radius 3 is 3.00 bits per heavy atom. The molecule has 20 heavy (non-hydrogen) atoms. The number of benzene rings is 1. The van der Waals surface area contributed by atoms with E-state index in [0.29, 0.717) is 6.42 Å². The van der Waals surface area contributed by atoms with Crippen LogP contribution in [0.3, 0.4) is 0 Å². The van der Waals surface area contributed by atoms with Gasteiger partial charge in [0.05, 0.1) is 6.54 Å². The van der Waals surface area contributed by atoms with Crippen LogP contribution in [-0.4, -0.2) is 29.3 Å². The van der Waals surface area contributed by atoms with Gasteiger partial charge in [-0.1, -0.05) is 18.2 Å². The van der Waals surface area contributed by atoms with Crippen molar-refractivity contribution in [3.05, 3.63) is 48.3 Å². The molecule has 3 rings (SSSR count). The van der Waals surface area contributed by atoms with Crippen LogP contribution in [0.1, 0.15) is 18.0 Å². The van der Waals surface area contributed by atoms with Gasteiger partial charge >= 0.3 is 0 Å². The monoisotopic (exact) mass is 270 g/mol. The van der Waals surface area contributed by atoms with E-state index in [2.05, 4.69) is 16.5 Å². The Morgan fingerprint density at radius 2 is 2.20 bits per heavy atom. The lowest BCUT2D eigenvalue weighted by Crippen LogP contribution is -2.38. The fraction of sp³-hybridized carbons (Fsp3) is 0.333. The molecule has 0 bridgehead atoms. The topological polar surface area (TPSA) is 50.2 Å². The minimum absolute atomic E-state index is 0.0884. The molecule has 0 aliphatic carbocycles. The first-order chi connectivity index (χ1) is 9.75. The van der Waals surface area contributed by atoms with E-state index < -0.39 is 0 Å².